The highest BCUT2D eigenvalue weighted by Gasteiger charge is 2.28. The maximum absolute atomic E-state index is 10.6. The Kier molecular flexibility index (Phi) is 5.50. The van der Waals surface area contributed by atoms with Crippen LogP contribution in [-0.2, 0) is 5.60 Å². The van der Waals surface area contributed by atoms with Crippen LogP contribution < -0.4 is 10.1 Å². The molecule has 0 saturated heterocycles. The molecular formula is C19H27NO3. The minimum atomic E-state index is -1.03. The molecule has 2 N–H and O–H groups in total. The van der Waals surface area contributed by atoms with Crippen molar-refractivity contribution < 1.29 is 14.3 Å². The van der Waals surface area contributed by atoms with Crippen LogP contribution in [0, 0.1) is 6.92 Å². The summed E-state index contributed by atoms with van der Waals surface area (Å²) in [5.41, 5.74) is 0.210. The van der Waals surface area contributed by atoms with Gasteiger partial charge in [-0.3, -0.25) is 0 Å². The van der Waals surface area contributed by atoms with Crippen LogP contribution in [0.3, 0.4) is 0 Å². The third-order valence-corrected chi connectivity index (χ3v) is 4.43. The number of hydrogen-bond donors (Lipinski definition) is 2. The van der Waals surface area contributed by atoms with Gasteiger partial charge in [0, 0.05) is 12.6 Å². The van der Waals surface area contributed by atoms with Crippen molar-refractivity contribution in [1.29, 1.82) is 0 Å². The maximum atomic E-state index is 10.6. The first-order valence-corrected chi connectivity index (χ1v) is 8.00. The van der Waals surface area contributed by atoms with Gasteiger partial charge in [-0.1, -0.05) is 19.1 Å². The van der Waals surface area contributed by atoms with Gasteiger partial charge in [-0.15, -0.1) is 0 Å². The van der Waals surface area contributed by atoms with Gasteiger partial charge in [0.1, 0.15) is 22.9 Å². The summed E-state index contributed by atoms with van der Waals surface area (Å²) < 4.78 is 10.7. The maximum Gasteiger partial charge on any atom is 0.136 e. The molecule has 1 aromatic heterocycles. The lowest BCUT2D eigenvalue weighted by Crippen LogP contribution is -2.41. The zero-order valence-electron chi connectivity index (χ0n) is 14.6. The van der Waals surface area contributed by atoms with E-state index in [2.05, 4.69) is 31.3 Å². The number of nitrogens with one attached hydrogen (secondary N) is 1. The van der Waals surface area contributed by atoms with Crippen molar-refractivity contribution >= 4 is 0 Å². The molecule has 0 fully saturated rings. The Morgan fingerprint density at radius 1 is 1.17 bits per heavy atom. The lowest BCUT2D eigenvalue weighted by molar-refractivity contribution is 0.0307. The number of furan rings is 1. The lowest BCUT2D eigenvalue weighted by Gasteiger charge is -2.27. The molecule has 4 heteroatoms. The Morgan fingerprint density at radius 2 is 1.83 bits per heavy atom. The van der Waals surface area contributed by atoms with Gasteiger partial charge in [0.15, 0.2) is 0 Å². The molecule has 23 heavy (non-hydrogen) atoms. The Balaban J connectivity index is 1.96. The molecule has 0 aliphatic carbocycles. The van der Waals surface area contributed by atoms with Gasteiger partial charge < -0.3 is 19.6 Å². The van der Waals surface area contributed by atoms with Crippen molar-refractivity contribution in [2.75, 3.05) is 13.7 Å². The number of aliphatic hydroxyl groups is 1. The van der Waals surface area contributed by atoms with Crippen molar-refractivity contribution in [3.05, 3.63) is 53.5 Å². The summed E-state index contributed by atoms with van der Waals surface area (Å²) in [5.74, 6) is 2.57. The number of aryl methyl sites for hydroxylation is 1. The molecule has 126 valence electrons. The molecule has 0 aliphatic heterocycles. The van der Waals surface area contributed by atoms with Gasteiger partial charge in [-0.2, -0.15) is 0 Å². The van der Waals surface area contributed by atoms with Crippen molar-refractivity contribution in [3.63, 3.8) is 0 Å². The van der Waals surface area contributed by atoms with E-state index >= 15 is 0 Å². The zero-order valence-corrected chi connectivity index (χ0v) is 14.6. The number of ether oxygens (including phenoxy) is 1. The van der Waals surface area contributed by atoms with Crippen LogP contribution in [0.25, 0.3) is 0 Å². The summed E-state index contributed by atoms with van der Waals surface area (Å²) >= 11 is 0. The molecule has 0 aliphatic rings. The van der Waals surface area contributed by atoms with Crippen LogP contribution in [0.15, 0.2) is 40.8 Å². The van der Waals surface area contributed by atoms with Gasteiger partial charge >= 0.3 is 0 Å². The highest BCUT2D eigenvalue weighted by Crippen LogP contribution is 2.25. The van der Waals surface area contributed by atoms with Gasteiger partial charge in [0.05, 0.1) is 7.11 Å². The van der Waals surface area contributed by atoms with Crippen LogP contribution in [0.1, 0.15) is 43.8 Å². The fourth-order valence-corrected chi connectivity index (χ4v) is 2.54. The Morgan fingerprint density at radius 3 is 2.35 bits per heavy atom. The summed E-state index contributed by atoms with van der Waals surface area (Å²) in [5, 5.41) is 14.0. The molecule has 1 heterocycles. The first-order chi connectivity index (χ1) is 10.8. The predicted octanol–water partition coefficient (Wildman–Crippen LogP) is 3.59. The van der Waals surface area contributed by atoms with E-state index < -0.39 is 5.60 Å². The summed E-state index contributed by atoms with van der Waals surface area (Å²) in [7, 11) is 1.67. The largest absolute Gasteiger partial charge is 0.497 e. The van der Waals surface area contributed by atoms with E-state index in [1.54, 1.807) is 14.0 Å². The molecule has 2 rings (SSSR count). The predicted molar refractivity (Wildman–Crippen MR) is 91.9 cm³/mol. The third kappa shape index (κ3) is 4.36. The lowest BCUT2D eigenvalue weighted by atomic mass is 9.93. The molecule has 0 radical (unpaired) electrons. The Bertz CT molecular complexity index is 616. The second-order valence-electron chi connectivity index (χ2n) is 6.42. The van der Waals surface area contributed by atoms with E-state index in [0.717, 1.165) is 11.5 Å². The minimum Gasteiger partial charge on any atom is -0.497 e. The first kappa shape index (κ1) is 17.6. The number of methoxy groups -OCH3 is 1. The summed E-state index contributed by atoms with van der Waals surface area (Å²) in [6.07, 6.45) is 0. The van der Waals surface area contributed by atoms with Crippen LogP contribution in [0.5, 0.6) is 5.75 Å². The average molecular weight is 317 g/mol. The normalized spacial score (nSPS) is 16.6. The SMILES string of the molecule is COc1ccc(C(C)C(C)NCC(C)(O)c2ccc(C)o2)cc1. The van der Waals surface area contributed by atoms with Crippen LogP contribution >= 0.6 is 0 Å². The molecule has 0 saturated carbocycles. The molecule has 0 spiro atoms. The van der Waals surface area contributed by atoms with E-state index in [9.17, 15) is 5.11 Å². The monoisotopic (exact) mass is 317 g/mol. The van der Waals surface area contributed by atoms with E-state index in [1.807, 2.05) is 31.2 Å². The average Bonchev–Trinajstić information content (AvgIpc) is 2.99. The molecular weight excluding hydrogens is 290 g/mol. The van der Waals surface area contributed by atoms with E-state index in [-0.39, 0.29) is 6.04 Å². The summed E-state index contributed by atoms with van der Waals surface area (Å²) in [6, 6.07) is 12.0. The van der Waals surface area contributed by atoms with Crippen LogP contribution in [-0.4, -0.2) is 24.8 Å². The van der Waals surface area contributed by atoms with Gasteiger partial charge in [0.25, 0.3) is 0 Å². The molecule has 4 nitrogen and oxygen atoms in total. The molecule has 3 unspecified atom stereocenters. The molecule has 0 amide bonds. The van der Waals surface area contributed by atoms with Gasteiger partial charge in [-0.25, -0.2) is 0 Å². The van der Waals surface area contributed by atoms with Crippen molar-refractivity contribution in [1.82, 2.24) is 5.32 Å². The van der Waals surface area contributed by atoms with Crippen LogP contribution in [0.4, 0.5) is 0 Å². The standard InChI is InChI=1S/C19H27NO3/c1-13-6-11-18(23-13)19(4,21)12-20-15(3)14(2)16-7-9-17(22-5)10-8-16/h6-11,14-15,20-21H,12H2,1-5H3. The molecule has 0 bridgehead atoms. The number of hydrogen-bond acceptors (Lipinski definition) is 4. The van der Waals surface area contributed by atoms with Gasteiger partial charge in [0.2, 0.25) is 0 Å². The minimum absolute atomic E-state index is 0.214. The van der Waals surface area contributed by atoms with Crippen molar-refractivity contribution in [3.8, 4) is 5.75 Å². The second kappa shape index (κ2) is 7.20. The van der Waals surface area contributed by atoms with E-state index in [0.29, 0.717) is 18.2 Å². The van der Waals surface area contributed by atoms with E-state index in [4.69, 9.17) is 9.15 Å². The third-order valence-electron chi connectivity index (χ3n) is 4.43. The summed E-state index contributed by atoms with van der Waals surface area (Å²) in [6.45, 7) is 8.37. The first-order valence-electron chi connectivity index (χ1n) is 8.00. The van der Waals surface area contributed by atoms with Crippen molar-refractivity contribution in [2.45, 2.75) is 45.3 Å². The highest BCUT2D eigenvalue weighted by atomic mass is 16.5. The Hall–Kier alpha value is -1.78. The summed E-state index contributed by atoms with van der Waals surface area (Å²) in [4.78, 5) is 0. The number of rotatable bonds is 7. The molecule has 3 atom stereocenters. The number of benzene rings is 1. The highest BCUT2D eigenvalue weighted by molar-refractivity contribution is 5.29. The second-order valence-corrected chi connectivity index (χ2v) is 6.42. The zero-order chi connectivity index (χ0) is 17.0. The smallest absolute Gasteiger partial charge is 0.136 e. The fraction of sp³-hybridized carbons (Fsp3) is 0.474. The van der Waals surface area contributed by atoms with E-state index in [1.165, 1.54) is 5.56 Å². The Labute approximate surface area is 138 Å². The quantitative estimate of drug-likeness (QED) is 0.819. The fourth-order valence-electron chi connectivity index (χ4n) is 2.54. The molecule has 1 aromatic carbocycles. The van der Waals surface area contributed by atoms with Crippen LogP contribution in [0.2, 0.25) is 0 Å². The van der Waals surface area contributed by atoms with Crippen molar-refractivity contribution in [2.24, 2.45) is 0 Å². The molecule has 2 aromatic rings. The topological polar surface area (TPSA) is 54.6 Å². The van der Waals surface area contributed by atoms with Gasteiger partial charge in [-0.05, 0) is 56.5 Å².